The van der Waals surface area contributed by atoms with E-state index in [0.29, 0.717) is 17.0 Å². The second kappa shape index (κ2) is 4.69. The van der Waals surface area contributed by atoms with Gasteiger partial charge < -0.3 is 4.52 Å². The summed E-state index contributed by atoms with van der Waals surface area (Å²) >= 11 is 0. The summed E-state index contributed by atoms with van der Waals surface area (Å²) in [7, 11) is -3.20. The Hall–Kier alpha value is -2.02. The van der Waals surface area contributed by atoms with Crippen molar-refractivity contribution in [2.75, 3.05) is 6.26 Å². The van der Waals surface area contributed by atoms with Crippen LogP contribution in [0.5, 0.6) is 0 Å². The van der Waals surface area contributed by atoms with Crippen LogP contribution in [0.25, 0.3) is 11.4 Å². The van der Waals surface area contributed by atoms with E-state index < -0.39 is 9.84 Å². The van der Waals surface area contributed by atoms with Crippen molar-refractivity contribution in [1.82, 2.24) is 10.1 Å². The highest BCUT2D eigenvalue weighted by Crippen LogP contribution is 2.16. The molecule has 1 aromatic carbocycles. The van der Waals surface area contributed by atoms with Crippen molar-refractivity contribution < 1.29 is 17.7 Å². The molecule has 94 valence electrons. The zero-order valence-electron chi connectivity index (χ0n) is 9.53. The molecule has 0 N–H and O–H groups in total. The number of sulfone groups is 1. The monoisotopic (exact) mass is 266 g/mol. The van der Waals surface area contributed by atoms with E-state index >= 15 is 0 Å². The summed E-state index contributed by atoms with van der Waals surface area (Å²) in [6.45, 7) is 0. The molecule has 18 heavy (non-hydrogen) atoms. The minimum absolute atomic E-state index is 0.0481. The maximum atomic E-state index is 11.1. The van der Waals surface area contributed by atoms with E-state index in [2.05, 4.69) is 10.1 Å². The molecule has 0 amide bonds. The van der Waals surface area contributed by atoms with E-state index in [1.54, 1.807) is 24.3 Å². The Morgan fingerprint density at radius 2 is 1.94 bits per heavy atom. The molecule has 0 aliphatic heterocycles. The molecule has 0 aliphatic rings. The number of hydrogen-bond acceptors (Lipinski definition) is 6. The van der Waals surface area contributed by atoms with Gasteiger partial charge in [-0.25, -0.2) is 8.42 Å². The molecule has 6 nitrogen and oxygen atoms in total. The van der Waals surface area contributed by atoms with Crippen LogP contribution in [0.3, 0.4) is 0 Å². The van der Waals surface area contributed by atoms with Gasteiger partial charge in [0.05, 0.1) is 0 Å². The Bertz CT molecular complexity index is 659. The van der Waals surface area contributed by atoms with Gasteiger partial charge in [-0.15, -0.1) is 0 Å². The van der Waals surface area contributed by atoms with Gasteiger partial charge in [-0.1, -0.05) is 29.4 Å². The van der Waals surface area contributed by atoms with Gasteiger partial charge in [0.2, 0.25) is 11.7 Å². The van der Waals surface area contributed by atoms with E-state index in [1.165, 1.54) is 0 Å². The molecule has 0 radical (unpaired) electrons. The Morgan fingerprint density at radius 3 is 2.50 bits per heavy atom. The minimum Gasteiger partial charge on any atom is -0.338 e. The smallest absolute Gasteiger partial charge is 0.242 e. The van der Waals surface area contributed by atoms with Gasteiger partial charge in [0.15, 0.2) is 9.84 Å². The van der Waals surface area contributed by atoms with Crippen LogP contribution in [0.15, 0.2) is 28.8 Å². The van der Waals surface area contributed by atoms with Gasteiger partial charge in [-0.05, 0) is 0 Å². The Balaban J connectivity index is 2.26. The van der Waals surface area contributed by atoms with Crippen molar-refractivity contribution >= 4 is 16.1 Å². The largest absolute Gasteiger partial charge is 0.338 e. The van der Waals surface area contributed by atoms with Crippen LogP contribution in [0.1, 0.15) is 16.2 Å². The second-order valence-corrected chi connectivity index (χ2v) is 5.96. The fraction of sp³-hybridized carbons (Fsp3) is 0.182. The summed E-state index contributed by atoms with van der Waals surface area (Å²) < 4.78 is 27.0. The third-order valence-electron chi connectivity index (χ3n) is 2.16. The van der Waals surface area contributed by atoms with E-state index in [-0.39, 0.29) is 11.6 Å². The van der Waals surface area contributed by atoms with Crippen molar-refractivity contribution in [2.45, 2.75) is 5.75 Å². The normalized spacial score (nSPS) is 11.4. The van der Waals surface area contributed by atoms with Gasteiger partial charge in [0.25, 0.3) is 0 Å². The third kappa shape index (κ3) is 3.01. The molecule has 0 saturated heterocycles. The van der Waals surface area contributed by atoms with Crippen molar-refractivity contribution in [1.29, 1.82) is 0 Å². The molecule has 0 unspecified atom stereocenters. The average molecular weight is 266 g/mol. The number of carbonyl (C=O) groups is 1. The minimum atomic E-state index is -3.20. The topological polar surface area (TPSA) is 90.1 Å². The molecule has 0 bridgehead atoms. The van der Waals surface area contributed by atoms with Gasteiger partial charge in [-0.2, -0.15) is 4.98 Å². The molecule has 0 fully saturated rings. The molecule has 0 spiro atoms. The van der Waals surface area contributed by atoms with E-state index in [9.17, 15) is 13.2 Å². The van der Waals surface area contributed by atoms with Crippen molar-refractivity contribution in [2.24, 2.45) is 0 Å². The molecule has 0 saturated carbocycles. The molecule has 0 aliphatic carbocycles. The Morgan fingerprint density at radius 1 is 1.28 bits per heavy atom. The van der Waals surface area contributed by atoms with Crippen LogP contribution in [0, 0.1) is 0 Å². The lowest BCUT2D eigenvalue weighted by Gasteiger charge is -1.93. The van der Waals surface area contributed by atoms with Crippen LogP contribution in [-0.2, 0) is 15.6 Å². The molecule has 2 aromatic rings. The first-order chi connectivity index (χ1) is 8.48. The first kappa shape index (κ1) is 12.4. The van der Waals surface area contributed by atoms with Gasteiger partial charge in [0.1, 0.15) is 12.0 Å². The number of aromatic nitrogens is 2. The zero-order chi connectivity index (χ0) is 13.2. The lowest BCUT2D eigenvalue weighted by molar-refractivity contribution is 0.112. The van der Waals surface area contributed by atoms with Gasteiger partial charge >= 0.3 is 0 Å². The molecule has 0 atom stereocenters. The van der Waals surface area contributed by atoms with E-state index in [1.807, 2.05) is 0 Å². The van der Waals surface area contributed by atoms with Crippen LogP contribution in [-0.4, -0.2) is 31.1 Å². The number of rotatable bonds is 4. The molecular formula is C11H10N2O4S. The summed E-state index contributed by atoms with van der Waals surface area (Å²) in [5.41, 5.74) is 1.20. The zero-order valence-corrected chi connectivity index (χ0v) is 10.3. The number of benzene rings is 1. The fourth-order valence-corrected chi connectivity index (χ4v) is 1.93. The molecule has 2 rings (SSSR count). The number of hydrogen-bond donors (Lipinski definition) is 0. The van der Waals surface area contributed by atoms with Crippen LogP contribution in [0.2, 0.25) is 0 Å². The summed E-state index contributed by atoms with van der Waals surface area (Å²) in [5, 5.41) is 3.69. The third-order valence-corrected chi connectivity index (χ3v) is 2.93. The summed E-state index contributed by atoms with van der Waals surface area (Å²) in [6.07, 6.45) is 1.82. The lowest BCUT2D eigenvalue weighted by Crippen LogP contribution is -2.00. The van der Waals surface area contributed by atoms with E-state index in [4.69, 9.17) is 4.52 Å². The maximum absolute atomic E-state index is 11.1. The fourth-order valence-electron chi connectivity index (χ4n) is 1.37. The average Bonchev–Trinajstić information content (AvgIpc) is 2.75. The van der Waals surface area contributed by atoms with Crippen LogP contribution >= 0.6 is 0 Å². The van der Waals surface area contributed by atoms with Gasteiger partial charge in [0, 0.05) is 17.4 Å². The van der Waals surface area contributed by atoms with Crippen molar-refractivity contribution in [3.05, 3.63) is 35.7 Å². The van der Waals surface area contributed by atoms with Crippen molar-refractivity contribution in [3.63, 3.8) is 0 Å². The highest BCUT2D eigenvalue weighted by molar-refractivity contribution is 7.89. The van der Waals surface area contributed by atoms with Gasteiger partial charge in [-0.3, -0.25) is 4.79 Å². The quantitative estimate of drug-likeness (QED) is 0.769. The highest BCUT2D eigenvalue weighted by Gasteiger charge is 2.13. The molecule has 1 aromatic heterocycles. The molecule has 1 heterocycles. The van der Waals surface area contributed by atoms with Crippen LogP contribution < -0.4 is 0 Å². The maximum Gasteiger partial charge on any atom is 0.242 e. The Kier molecular flexibility index (Phi) is 3.24. The molecular weight excluding hydrogens is 256 g/mol. The van der Waals surface area contributed by atoms with Crippen molar-refractivity contribution in [3.8, 4) is 11.4 Å². The first-order valence-electron chi connectivity index (χ1n) is 5.04. The van der Waals surface area contributed by atoms with Crippen LogP contribution in [0.4, 0.5) is 0 Å². The summed E-state index contributed by atoms with van der Waals surface area (Å²) in [5.74, 6) is 0.0601. The lowest BCUT2D eigenvalue weighted by atomic mass is 10.1. The number of aldehydes is 1. The predicted molar refractivity (Wildman–Crippen MR) is 63.7 cm³/mol. The number of carbonyl (C=O) groups excluding carboxylic acids is 1. The van der Waals surface area contributed by atoms with E-state index in [0.717, 1.165) is 12.5 Å². The number of nitrogens with zero attached hydrogens (tertiary/aromatic N) is 2. The first-order valence-corrected chi connectivity index (χ1v) is 7.10. The second-order valence-electron chi connectivity index (χ2n) is 3.82. The highest BCUT2D eigenvalue weighted by atomic mass is 32.2. The SMILES string of the molecule is CS(=O)(=O)Cc1nc(-c2ccc(C=O)cc2)no1. The summed E-state index contributed by atoms with van der Waals surface area (Å²) in [6, 6.07) is 6.57. The predicted octanol–water partition coefficient (Wildman–Crippen LogP) is 1.09. The summed E-state index contributed by atoms with van der Waals surface area (Å²) in [4.78, 5) is 14.5. The Labute approximate surface area is 104 Å². The standard InChI is InChI=1S/C11H10N2O4S/c1-18(15,16)7-10-12-11(13-17-10)9-4-2-8(6-14)3-5-9/h2-6H,7H2,1H3. The molecule has 7 heteroatoms.